The summed E-state index contributed by atoms with van der Waals surface area (Å²) in [5, 5.41) is 9.11. The van der Waals surface area contributed by atoms with E-state index in [0.717, 1.165) is 22.5 Å². The fraction of sp³-hybridized carbons (Fsp3) is 0.348. The van der Waals surface area contributed by atoms with E-state index < -0.39 is 12.0 Å². The SMILES string of the molecule is CCOC(=O)C1=NN(c2ccccc2)C(C(=O)Nc2c(C)cccc2C(C)C)C1. The van der Waals surface area contributed by atoms with Crippen LogP contribution in [-0.4, -0.2) is 30.2 Å². The van der Waals surface area contributed by atoms with Crippen molar-refractivity contribution in [2.24, 2.45) is 5.10 Å². The second-order valence-corrected chi connectivity index (χ2v) is 7.35. The van der Waals surface area contributed by atoms with E-state index in [2.05, 4.69) is 24.3 Å². The largest absolute Gasteiger partial charge is 0.461 e. The minimum Gasteiger partial charge on any atom is -0.461 e. The Morgan fingerprint density at radius 3 is 2.55 bits per heavy atom. The number of esters is 1. The van der Waals surface area contributed by atoms with Gasteiger partial charge in [0.05, 0.1) is 12.3 Å². The van der Waals surface area contributed by atoms with Gasteiger partial charge in [0.25, 0.3) is 0 Å². The van der Waals surface area contributed by atoms with Gasteiger partial charge in [0.15, 0.2) is 0 Å². The van der Waals surface area contributed by atoms with E-state index in [0.29, 0.717) is 0 Å². The maximum atomic E-state index is 13.3. The molecular weight excluding hydrogens is 366 g/mol. The molecule has 1 atom stereocenters. The summed E-state index contributed by atoms with van der Waals surface area (Å²) in [7, 11) is 0. The van der Waals surface area contributed by atoms with Crippen LogP contribution in [0.3, 0.4) is 0 Å². The Balaban J connectivity index is 1.90. The van der Waals surface area contributed by atoms with E-state index in [1.807, 2.05) is 55.5 Å². The number of hydrogen-bond acceptors (Lipinski definition) is 5. The number of para-hydroxylation sites is 2. The predicted octanol–water partition coefficient (Wildman–Crippen LogP) is 4.25. The van der Waals surface area contributed by atoms with Crippen LogP contribution in [0.5, 0.6) is 0 Å². The zero-order chi connectivity index (χ0) is 21.0. The van der Waals surface area contributed by atoms with Crippen molar-refractivity contribution in [2.75, 3.05) is 16.9 Å². The van der Waals surface area contributed by atoms with Gasteiger partial charge in [-0.1, -0.05) is 50.2 Å². The van der Waals surface area contributed by atoms with Crippen molar-refractivity contribution in [3.8, 4) is 0 Å². The Bertz CT molecular complexity index is 922. The molecule has 3 rings (SSSR count). The Labute approximate surface area is 171 Å². The molecule has 0 bridgehead atoms. The van der Waals surface area contributed by atoms with Crippen LogP contribution >= 0.6 is 0 Å². The molecule has 1 aliphatic rings. The Morgan fingerprint density at radius 2 is 1.90 bits per heavy atom. The van der Waals surface area contributed by atoms with Gasteiger partial charge >= 0.3 is 5.97 Å². The molecule has 0 aromatic heterocycles. The highest BCUT2D eigenvalue weighted by Crippen LogP contribution is 2.30. The average Bonchev–Trinajstić information content (AvgIpc) is 3.16. The third kappa shape index (κ3) is 4.47. The van der Waals surface area contributed by atoms with Gasteiger partial charge in [-0.25, -0.2) is 4.79 Å². The summed E-state index contributed by atoms with van der Waals surface area (Å²) in [6.07, 6.45) is 0.197. The number of carbonyl (C=O) groups excluding carboxylic acids is 2. The maximum absolute atomic E-state index is 13.3. The summed E-state index contributed by atoms with van der Waals surface area (Å²) in [6, 6.07) is 14.7. The van der Waals surface area contributed by atoms with Crippen molar-refractivity contribution in [2.45, 2.75) is 46.1 Å². The van der Waals surface area contributed by atoms with Gasteiger partial charge in [0.1, 0.15) is 11.8 Å². The summed E-state index contributed by atoms with van der Waals surface area (Å²) in [4.78, 5) is 25.5. The molecule has 0 saturated carbocycles. The standard InChI is InChI=1S/C23H27N3O3/c1-5-29-23(28)19-14-20(26(25-19)17-11-7-6-8-12-17)22(27)24-21-16(4)10-9-13-18(21)15(2)3/h6-13,15,20H,5,14H2,1-4H3,(H,24,27). The highest BCUT2D eigenvalue weighted by molar-refractivity contribution is 6.38. The number of aryl methyl sites for hydroxylation is 1. The first-order chi connectivity index (χ1) is 13.9. The number of carbonyl (C=O) groups is 2. The molecule has 152 valence electrons. The number of benzene rings is 2. The maximum Gasteiger partial charge on any atom is 0.354 e. The minimum atomic E-state index is -0.628. The minimum absolute atomic E-state index is 0.197. The molecule has 0 fully saturated rings. The summed E-state index contributed by atoms with van der Waals surface area (Å²) >= 11 is 0. The van der Waals surface area contributed by atoms with E-state index in [9.17, 15) is 9.59 Å². The second-order valence-electron chi connectivity index (χ2n) is 7.35. The fourth-order valence-corrected chi connectivity index (χ4v) is 3.42. The molecule has 29 heavy (non-hydrogen) atoms. The second kappa shape index (κ2) is 8.90. The van der Waals surface area contributed by atoms with Crippen molar-refractivity contribution in [1.82, 2.24) is 0 Å². The summed E-state index contributed by atoms with van der Waals surface area (Å²) in [5.74, 6) is -0.416. The van der Waals surface area contributed by atoms with E-state index in [1.54, 1.807) is 11.9 Å². The quantitative estimate of drug-likeness (QED) is 0.745. The third-order valence-electron chi connectivity index (χ3n) is 4.92. The Hall–Kier alpha value is -3.15. The molecule has 2 aromatic carbocycles. The van der Waals surface area contributed by atoms with E-state index in [-0.39, 0.29) is 30.6 Å². The molecule has 1 amide bonds. The molecule has 6 heteroatoms. The van der Waals surface area contributed by atoms with E-state index >= 15 is 0 Å². The Morgan fingerprint density at radius 1 is 1.17 bits per heavy atom. The number of ether oxygens (including phenoxy) is 1. The highest BCUT2D eigenvalue weighted by atomic mass is 16.5. The van der Waals surface area contributed by atoms with Crippen LogP contribution in [-0.2, 0) is 14.3 Å². The van der Waals surface area contributed by atoms with Gasteiger partial charge in [0, 0.05) is 12.1 Å². The number of rotatable bonds is 6. The van der Waals surface area contributed by atoms with Crippen LogP contribution < -0.4 is 10.3 Å². The number of hydrazone groups is 1. The van der Waals surface area contributed by atoms with Crippen LogP contribution in [0, 0.1) is 6.92 Å². The normalized spacial score (nSPS) is 16.0. The van der Waals surface area contributed by atoms with Gasteiger partial charge in [-0.15, -0.1) is 0 Å². The lowest BCUT2D eigenvalue weighted by atomic mass is 9.97. The first-order valence-corrected chi connectivity index (χ1v) is 9.91. The topological polar surface area (TPSA) is 71.0 Å². The Kier molecular flexibility index (Phi) is 6.32. The van der Waals surface area contributed by atoms with E-state index in [1.165, 1.54) is 0 Å². The highest BCUT2D eigenvalue weighted by Gasteiger charge is 2.37. The predicted molar refractivity (Wildman–Crippen MR) is 115 cm³/mol. The number of anilines is 2. The summed E-state index contributed by atoms with van der Waals surface area (Å²) in [5.41, 5.74) is 3.91. The smallest absolute Gasteiger partial charge is 0.354 e. The first-order valence-electron chi connectivity index (χ1n) is 9.91. The molecule has 2 aromatic rings. The molecule has 0 radical (unpaired) electrons. The lowest BCUT2D eigenvalue weighted by Crippen LogP contribution is -2.39. The van der Waals surface area contributed by atoms with Crippen molar-refractivity contribution in [3.05, 3.63) is 59.7 Å². The first kappa shape index (κ1) is 20.6. The van der Waals surface area contributed by atoms with Gasteiger partial charge in [-0.3, -0.25) is 9.80 Å². The van der Waals surface area contributed by atoms with Crippen molar-refractivity contribution in [3.63, 3.8) is 0 Å². The summed E-state index contributed by atoms with van der Waals surface area (Å²) < 4.78 is 5.10. The third-order valence-corrected chi connectivity index (χ3v) is 4.92. The molecule has 1 heterocycles. The summed E-state index contributed by atoms with van der Waals surface area (Å²) in [6.45, 7) is 8.18. The molecule has 0 aliphatic carbocycles. The molecule has 1 N–H and O–H groups in total. The lowest BCUT2D eigenvalue weighted by Gasteiger charge is -2.24. The van der Waals surface area contributed by atoms with Crippen LogP contribution in [0.25, 0.3) is 0 Å². The number of hydrogen-bond donors (Lipinski definition) is 1. The molecule has 1 unspecified atom stereocenters. The van der Waals surface area contributed by atoms with Crippen molar-refractivity contribution >= 4 is 29.0 Å². The molecule has 0 saturated heterocycles. The van der Waals surface area contributed by atoms with Gasteiger partial charge < -0.3 is 10.1 Å². The average molecular weight is 393 g/mol. The zero-order valence-electron chi connectivity index (χ0n) is 17.3. The van der Waals surface area contributed by atoms with Crippen molar-refractivity contribution < 1.29 is 14.3 Å². The van der Waals surface area contributed by atoms with Crippen LogP contribution in [0.4, 0.5) is 11.4 Å². The van der Waals surface area contributed by atoms with Crippen LogP contribution in [0.2, 0.25) is 0 Å². The van der Waals surface area contributed by atoms with Gasteiger partial charge in [-0.2, -0.15) is 5.10 Å². The number of amides is 1. The van der Waals surface area contributed by atoms with Crippen LogP contribution in [0.1, 0.15) is 44.2 Å². The molecule has 0 spiro atoms. The molecular formula is C23H27N3O3. The van der Waals surface area contributed by atoms with Crippen LogP contribution in [0.15, 0.2) is 53.6 Å². The molecule has 6 nitrogen and oxygen atoms in total. The van der Waals surface area contributed by atoms with Crippen molar-refractivity contribution in [1.29, 1.82) is 0 Å². The molecule has 1 aliphatic heterocycles. The van der Waals surface area contributed by atoms with E-state index in [4.69, 9.17) is 4.74 Å². The van der Waals surface area contributed by atoms with Gasteiger partial charge in [0.2, 0.25) is 5.91 Å². The fourth-order valence-electron chi connectivity index (χ4n) is 3.42. The lowest BCUT2D eigenvalue weighted by molar-refractivity contribution is -0.135. The zero-order valence-corrected chi connectivity index (χ0v) is 17.3. The monoisotopic (exact) mass is 393 g/mol. The number of nitrogens with one attached hydrogen (secondary N) is 1. The number of nitrogens with zero attached hydrogens (tertiary/aromatic N) is 2. The van der Waals surface area contributed by atoms with Gasteiger partial charge in [-0.05, 0) is 43.0 Å².